The molecule has 0 saturated carbocycles. The molecule has 0 radical (unpaired) electrons. The third kappa shape index (κ3) is 2.00. The van der Waals surface area contributed by atoms with Crippen LogP contribution in [0.2, 0.25) is 0 Å². The van der Waals surface area contributed by atoms with E-state index in [1.165, 1.54) is 5.69 Å². The molecule has 1 atom stereocenters. The Morgan fingerprint density at radius 3 is 2.92 bits per heavy atom. The molecule has 12 heavy (non-hydrogen) atoms. The van der Waals surface area contributed by atoms with Crippen molar-refractivity contribution in [1.29, 1.82) is 0 Å². The highest BCUT2D eigenvalue weighted by Gasteiger charge is 2.05. The summed E-state index contributed by atoms with van der Waals surface area (Å²) >= 11 is 0. The molecule has 1 unspecified atom stereocenters. The molecule has 2 N–H and O–H groups in total. The van der Waals surface area contributed by atoms with E-state index in [0.717, 1.165) is 18.8 Å². The van der Waals surface area contributed by atoms with Crippen LogP contribution in [0.25, 0.3) is 0 Å². The number of rotatable bonds is 4. The first-order chi connectivity index (χ1) is 5.77. The predicted octanol–water partition coefficient (Wildman–Crippen LogP) is 2.35. The normalized spacial score (nSPS) is 12.9. The summed E-state index contributed by atoms with van der Waals surface area (Å²) in [6.45, 7) is 7.37. The monoisotopic (exact) mass is 167 g/mol. The molecule has 0 aliphatic heterocycles. The van der Waals surface area contributed by atoms with Crippen LogP contribution >= 0.6 is 0 Å². The van der Waals surface area contributed by atoms with E-state index >= 15 is 0 Å². The van der Waals surface area contributed by atoms with Gasteiger partial charge in [0.2, 0.25) is 0 Å². The molecule has 0 saturated heterocycles. The number of hydrogen-bond acceptors (Lipinski definition) is 2. The number of aromatic nitrogens is 2. The van der Waals surface area contributed by atoms with Gasteiger partial charge in [-0.2, -0.15) is 5.10 Å². The lowest BCUT2D eigenvalue weighted by Crippen LogP contribution is -1.95. The third-order valence-corrected chi connectivity index (χ3v) is 2.10. The lowest BCUT2D eigenvalue weighted by atomic mass is 10.1. The quantitative estimate of drug-likeness (QED) is 0.722. The van der Waals surface area contributed by atoms with E-state index in [0.29, 0.717) is 5.92 Å². The van der Waals surface area contributed by atoms with Crippen molar-refractivity contribution < 1.29 is 0 Å². The van der Waals surface area contributed by atoms with E-state index in [9.17, 15) is 0 Å². The summed E-state index contributed by atoms with van der Waals surface area (Å²) in [6.07, 6.45) is 1.15. The third-order valence-electron chi connectivity index (χ3n) is 2.10. The number of H-pyrrole nitrogens is 1. The van der Waals surface area contributed by atoms with Crippen molar-refractivity contribution in [1.82, 2.24) is 10.2 Å². The second kappa shape index (κ2) is 4.14. The standard InChI is InChI=1S/C9H17N3/c1-4-7(3)8-6-9(10-5-2)12-11-8/h6-7H,4-5H2,1-3H3,(H2,10,11,12). The molecule has 1 aromatic rings. The number of nitrogens with one attached hydrogen (secondary N) is 2. The van der Waals surface area contributed by atoms with Crippen molar-refractivity contribution in [2.75, 3.05) is 11.9 Å². The fourth-order valence-corrected chi connectivity index (χ4v) is 1.08. The van der Waals surface area contributed by atoms with Crippen molar-refractivity contribution in [3.8, 4) is 0 Å². The Hall–Kier alpha value is -0.990. The molecule has 1 rings (SSSR count). The van der Waals surface area contributed by atoms with Crippen molar-refractivity contribution in [2.24, 2.45) is 0 Å². The Labute approximate surface area is 73.6 Å². The summed E-state index contributed by atoms with van der Waals surface area (Å²) < 4.78 is 0. The summed E-state index contributed by atoms with van der Waals surface area (Å²) in [7, 11) is 0. The molecular formula is C9H17N3. The average molecular weight is 167 g/mol. The van der Waals surface area contributed by atoms with Gasteiger partial charge in [0.1, 0.15) is 5.82 Å². The van der Waals surface area contributed by atoms with E-state index in [1.807, 2.05) is 0 Å². The fraction of sp³-hybridized carbons (Fsp3) is 0.667. The van der Waals surface area contributed by atoms with Crippen molar-refractivity contribution in [3.63, 3.8) is 0 Å². The van der Waals surface area contributed by atoms with Crippen LogP contribution in [0.3, 0.4) is 0 Å². The second-order valence-corrected chi connectivity index (χ2v) is 3.05. The summed E-state index contributed by atoms with van der Waals surface area (Å²) in [4.78, 5) is 0. The van der Waals surface area contributed by atoms with Crippen molar-refractivity contribution in [3.05, 3.63) is 11.8 Å². The molecule has 1 heterocycles. The number of hydrogen-bond donors (Lipinski definition) is 2. The van der Waals surface area contributed by atoms with Crippen LogP contribution in [0.5, 0.6) is 0 Å². The van der Waals surface area contributed by atoms with E-state index in [2.05, 4.69) is 42.4 Å². The molecule has 0 spiro atoms. The maximum Gasteiger partial charge on any atom is 0.148 e. The highest BCUT2D eigenvalue weighted by atomic mass is 15.2. The minimum atomic E-state index is 0.574. The number of aromatic amines is 1. The van der Waals surface area contributed by atoms with E-state index in [1.54, 1.807) is 0 Å². The molecule has 0 bridgehead atoms. The zero-order valence-corrected chi connectivity index (χ0v) is 8.02. The van der Waals surface area contributed by atoms with Gasteiger partial charge in [-0.15, -0.1) is 0 Å². The molecule has 3 nitrogen and oxygen atoms in total. The van der Waals surface area contributed by atoms with Crippen LogP contribution < -0.4 is 5.32 Å². The maximum absolute atomic E-state index is 4.14. The SMILES string of the molecule is CCNc1cc(C(C)CC)[nH]n1. The van der Waals surface area contributed by atoms with Gasteiger partial charge >= 0.3 is 0 Å². The summed E-state index contributed by atoms with van der Waals surface area (Å²) in [5, 5.41) is 10.3. The van der Waals surface area contributed by atoms with Crippen molar-refractivity contribution in [2.45, 2.75) is 33.1 Å². The zero-order chi connectivity index (χ0) is 8.97. The van der Waals surface area contributed by atoms with Crippen LogP contribution in [0.1, 0.15) is 38.8 Å². The van der Waals surface area contributed by atoms with Gasteiger partial charge < -0.3 is 5.32 Å². The van der Waals surface area contributed by atoms with Gasteiger partial charge in [0.05, 0.1) is 0 Å². The Balaban J connectivity index is 2.63. The molecule has 68 valence electrons. The molecule has 0 aromatic carbocycles. The van der Waals surface area contributed by atoms with Gasteiger partial charge in [0.25, 0.3) is 0 Å². The second-order valence-electron chi connectivity index (χ2n) is 3.05. The van der Waals surface area contributed by atoms with E-state index in [4.69, 9.17) is 0 Å². The topological polar surface area (TPSA) is 40.7 Å². The Morgan fingerprint density at radius 2 is 2.33 bits per heavy atom. The van der Waals surface area contributed by atoms with Gasteiger partial charge in [-0.1, -0.05) is 13.8 Å². The first kappa shape index (κ1) is 9.10. The van der Waals surface area contributed by atoms with Gasteiger partial charge in [-0.05, 0) is 19.3 Å². The Kier molecular flexibility index (Phi) is 3.14. The average Bonchev–Trinajstić information content (AvgIpc) is 2.52. The maximum atomic E-state index is 4.14. The molecule has 3 heteroatoms. The van der Waals surface area contributed by atoms with Crippen LogP contribution in [-0.2, 0) is 0 Å². The first-order valence-corrected chi connectivity index (χ1v) is 4.57. The minimum Gasteiger partial charge on any atom is -0.369 e. The van der Waals surface area contributed by atoms with Crippen LogP contribution in [0.15, 0.2) is 6.07 Å². The molecule has 0 amide bonds. The molecule has 0 fully saturated rings. The fourth-order valence-electron chi connectivity index (χ4n) is 1.08. The largest absolute Gasteiger partial charge is 0.369 e. The van der Waals surface area contributed by atoms with Gasteiger partial charge in [0, 0.05) is 18.3 Å². The van der Waals surface area contributed by atoms with Crippen LogP contribution in [0, 0.1) is 0 Å². The number of nitrogens with zero attached hydrogens (tertiary/aromatic N) is 1. The lowest BCUT2D eigenvalue weighted by molar-refractivity contribution is 0.703. The van der Waals surface area contributed by atoms with Gasteiger partial charge in [-0.3, -0.25) is 5.10 Å². The van der Waals surface area contributed by atoms with E-state index in [-0.39, 0.29) is 0 Å². The highest BCUT2D eigenvalue weighted by molar-refractivity contribution is 5.35. The van der Waals surface area contributed by atoms with E-state index < -0.39 is 0 Å². The minimum absolute atomic E-state index is 0.574. The zero-order valence-electron chi connectivity index (χ0n) is 8.02. The summed E-state index contributed by atoms with van der Waals surface area (Å²) in [5.41, 5.74) is 1.22. The van der Waals surface area contributed by atoms with Crippen molar-refractivity contribution >= 4 is 5.82 Å². The Morgan fingerprint density at radius 1 is 1.58 bits per heavy atom. The molecule has 0 aliphatic carbocycles. The molecular weight excluding hydrogens is 150 g/mol. The molecule has 0 aliphatic rings. The smallest absolute Gasteiger partial charge is 0.148 e. The summed E-state index contributed by atoms with van der Waals surface area (Å²) in [5.74, 6) is 1.53. The van der Waals surface area contributed by atoms with Crippen LogP contribution in [-0.4, -0.2) is 16.7 Å². The van der Waals surface area contributed by atoms with Gasteiger partial charge in [0.15, 0.2) is 0 Å². The number of anilines is 1. The highest BCUT2D eigenvalue weighted by Crippen LogP contribution is 2.18. The Bertz CT molecular complexity index is 229. The predicted molar refractivity (Wildman–Crippen MR) is 51.5 cm³/mol. The molecule has 1 aromatic heterocycles. The summed E-state index contributed by atoms with van der Waals surface area (Å²) in [6, 6.07) is 2.08. The van der Waals surface area contributed by atoms with Gasteiger partial charge in [-0.25, -0.2) is 0 Å². The first-order valence-electron chi connectivity index (χ1n) is 4.57. The lowest BCUT2D eigenvalue weighted by Gasteiger charge is -2.02. The van der Waals surface area contributed by atoms with Crippen LogP contribution in [0.4, 0.5) is 5.82 Å².